The number of aromatic nitrogens is 1. The van der Waals surface area contributed by atoms with Crippen LogP contribution in [0.1, 0.15) is 5.69 Å². The summed E-state index contributed by atoms with van der Waals surface area (Å²) >= 11 is 5.98. The first-order valence-electron chi connectivity index (χ1n) is 4.38. The zero-order chi connectivity index (χ0) is 10.6. The molecule has 0 aliphatic heterocycles. The third kappa shape index (κ3) is 2.83. The number of rotatable bonds is 4. The Hall–Kier alpha value is -0.840. The fourth-order valence-electron chi connectivity index (χ4n) is 0.996. The van der Waals surface area contributed by atoms with E-state index in [1.807, 2.05) is 6.92 Å². The van der Waals surface area contributed by atoms with Gasteiger partial charge in [-0.15, -0.1) is 0 Å². The van der Waals surface area contributed by atoms with E-state index >= 15 is 0 Å². The van der Waals surface area contributed by atoms with E-state index < -0.39 is 6.10 Å². The topological polar surface area (TPSA) is 71.2 Å². The van der Waals surface area contributed by atoms with Crippen molar-refractivity contribution < 1.29 is 5.11 Å². The molecule has 78 valence electrons. The van der Waals surface area contributed by atoms with Gasteiger partial charge in [-0.3, -0.25) is 4.98 Å². The van der Waals surface area contributed by atoms with Crippen molar-refractivity contribution >= 4 is 17.3 Å². The van der Waals surface area contributed by atoms with Gasteiger partial charge in [-0.2, -0.15) is 0 Å². The van der Waals surface area contributed by atoms with Gasteiger partial charge >= 0.3 is 0 Å². The Balaban J connectivity index is 2.63. The summed E-state index contributed by atoms with van der Waals surface area (Å²) in [4.78, 5) is 4.03. The number of aliphatic hydroxyl groups excluding tert-OH is 1. The molecule has 5 heteroatoms. The molecule has 0 bridgehead atoms. The molecule has 0 aliphatic carbocycles. The standard InChI is InChI=1S/C9H14ClN3O/c1-6-9(10)8(2-3-12-6)13-5-7(14)4-11/h2-3,7,14H,4-5,11H2,1H3,(H,12,13). The maximum absolute atomic E-state index is 9.23. The van der Waals surface area contributed by atoms with Gasteiger partial charge in [0, 0.05) is 19.3 Å². The third-order valence-electron chi connectivity index (χ3n) is 1.86. The number of nitrogens with one attached hydrogen (secondary N) is 1. The number of nitrogens with two attached hydrogens (primary N) is 1. The van der Waals surface area contributed by atoms with Crippen LogP contribution in [0.25, 0.3) is 0 Å². The van der Waals surface area contributed by atoms with Crippen molar-refractivity contribution in [3.05, 3.63) is 23.0 Å². The molecule has 0 saturated carbocycles. The highest BCUT2D eigenvalue weighted by Gasteiger charge is 2.05. The van der Waals surface area contributed by atoms with Crippen LogP contribution in [-0.2, 0) is 0 Å². The minimum atomic E-state index is -0.556. The number of halogens is 1. The second kappa shape index (κ2) is 5.14. The van der Waals surface area contributed by atoms with Gasteiger partial charge in [0.1, 0.15) is 0 Å². The summed E-state index contributed by atoms with van der Waals surface area (Å²) < 4.78 is 0. The number of hydrogen-bond donors (Lipinski definition) is 3. The number of nitrogens with zero attached hydrogens (tertiary/aromatic N) is 1. The number of aliphatic hydroxyl groups is 1. The quantitative estimate of drug-likeness (QED) is 0.694. The first-order valence-corrected chi connectivity index (χ1v) is 4.76. The smallest absolute Gasteiger partial charge is 0.0849 e. The molecule has 0 radical (unpaired) electrons. The summed E-state index contributed by atoms with van der Waals surface area (Å²) in [6.45, 7) is 2.45. The third-order valence-corrected chi connectivity index (χ3v) is 2.34. The van der Waals surface area contributed by atoms with Gasteiger partial charge in [-0.1, -0.05) is 11.6 Å². The van der Waals surface area contributed by atoms with Crippen LogP contribution in [0.15, 0.2) is 12.3 Å². The predicted molar refractivity (Wildman–Crippen MR) is 57.5 cm³/mol. The van der Waals surface area contributed by atoms with Crippen molar-refractivity contribution in [2.75, 3.05) is 18.4 Å². The summed E-state index contributed by atoms with van der Waals surface area (Å²) in [7, 11) is 0. The molecule has 1 atom stereocenters. The number of anilines is 1. The Kier molecular flexibility index (Phi) is 4.13. The maximum Gasteiger partial charge on any atom is 0.0849 e. The Morgan fingerprint density at radius 2 is 2.43 bits per heavy atom. The van der Waals surface area contributed by atoms with E-state index in [0.29, 0.717) is 11.6 Å². The Labute approximate surface area is 88.1 Å². The molecule has 1 aromatic rings. The fraction of sp³-hybridized carbons (Fsp3) is 0.444. The molecule has 0 aliphatic rings. The van der Waals surface area contributed by atoms with E-state index in [-0.39, 0.29) is 6.54 Å². The lowest BCUT2D eigenvalue weighted by atomic mass is 10.3. The minimum Gasteiger partial charge on any atom is -0.390 e. The highest BCUT2D eigenvalue weighted by Crippen LogP contribution is 2.22. The van der Waals surface area contributed by atoms with Crippen LogP contribution in [0.5, 0.6) is 0 Å². The molecular formula is C9H14ClN3O. The van der Waals surface area contributed by atoms with Crippen LogP contribution in [0.3, 0.4) is 0 Å². The van der Waals surface area contributed by atoms with Gasteiger partial charge in [-0.05, 0) is 13.0 Å². The van der Waals surface area contributed by atoms with Crippen LogP contribution in [0.4, 0.5) is 5.69 Å². The Bertz CT molecular complexity index is 306. The summed E-state index contributed by atoms with van der Waals surface area (Å²) in [6, 6.07) is 1.76. The molecule has 4 N–H and O–H groups in total. The van der Waals surface area contributed by atoms with Crippen LogP contribution in [-0.4, -0.2) is 29.3 Å². The molecule has 14 heavy (non-hydrogen) atoms. The molecule has 4 nitrogen and oxygen atoms in total. The van der Waals surface area contributed by atoms with E-state index in [0.717, 1.165) is 11.4 Å². The number of pyridine rings is 1. The SMILES string of the molecule is Cc1nccc(NCC(O)CN)c1Cl. The van der Waals surface area contributed by atoms with Gasteiger partial charge in [0.25, 0.3) is 0 Å². The molecule has 1 unspecified atom stereocenters. The van der Waals surface area contributed by atoms with E-state index in [4.69, 9.17) is 17.3 Å². The van der Waals surface area contributed by atoms with Crippen molar-refractivity contribution in [2.45, 2.75) is 13.0 Å². The molecule has 0 saturated heterocycles. The van der Waals surface area contributed by atoms with Gasteiger partial charge in [0.15, 0.2) is 0 Å². The summed E-state index contributed by atoms with van der Waals surface area (Å²) in [5, 5.41) is 12.8. The second-order valence-electron chi connectivity index (χ2n) is 3.03. The second-order valence-corrected chi connectivity index (χ2v) is 3.41. The van der Waals surface area contributed by atoms with Crippen molar-refractivity contribution in [3.63, 3.8) is 0 Å². The number of aryl methyl sites for hydroxylation is 1. The van der Waals surface area contributed by atoms with Crippen molar-refractivity contribution in [2.24, 2.45) is 5.73 Å². The maximum atomic E-state index is 9.23. The first-order chi connectivity index (χ1) is 6.65. The van der Waals surface area contributed by atoms with E-state index in [2.05, 4.69) is 10.3 Å². The number of hydrogen-bond acceptors (Lipinski definition) is 4. The lowest BCUT2D eigenvalue weighted by molar-refractivity contribution is 0.196. The van der Waals surface area contributed by atoms with Crippen molar-refractivity contribution in [1.29, 1.82) is 0 Å². The van der Waals surface area contributed by atoms with Crippen LogP contribution in [0, 0.1) is 6.92 Å². The van der Waals surface area contributed by atoms with Crippen LogP contribution in [0.2, 0.25) is 5.02 Å². The minimum absolute atomic E-state index is 0.231. The monoisotopic (exact) mass is 215 g/mol. The molecule has 0 spiro atoms. The molecule has 1 rings (SSSR count). The largest absolute Gasteiger partial charge is 0.390 e. The predicted octanol–water partition coefficient (Wildman–Crippen LogP) is 0.775. The zero-order valence-electron chi connectivity index (χ0n) is 8.00. The Morgan fingerprint density at radius 3 is 3.07 bits per heavy atom. The molecule has 0 aromatic carbocycles. The molecule has 0 amide bonds. The molecular weight excluding hydrogens is 202 g/mol. The normalized spacial score (nSPS) is 12.6. The van der Waals surface area contributed by atoms with Gasteiger partial charge in [0.2, 0.25) is 0 Å². The average Bonchev–Trinajstić information content (AvgIpc) is 2.20. The highest BCUT2D eigenvalue weighted by atomic mass is 35.5. The lowest BCUT2D eigenvalue weighted by Crippen LogP contribution is -2.27. The van der Waals surface area contributed by atoms with Crippen LogP contribution >= 0.6 is 11.6 Å². The molecule has 1 heterocycles. The average molecular weight is 216 g/mol. The van der Waals surface area contributed by atoms with Crippen molar-refractivity contribution in [3.8, 4) is 0 Å². The van der Waals surface area contributed by atoms with Gasteiger partial charge < -0.3 is 16.2 Å². The lowest BCUT2D eigenvalue weighted by Gasteiger charge is -2.12. The molecule has 0 fully saturated rings. The highest BCUT2D eigenvalue weighted by molar-refractivity contribution is 6.33. The first kappa shape index (κ1) is 11.2. The summed E-state index contributed by atoms with van der Waals surface area (Å²) in [5.41, 5.74) is 6.80. The van der Waals surface area contributed by atoms with Gasteiger partial charge in [0.05, 0.1) is 22.5 Å². The van der Waals surface area contributed by atoms with Crippen molar-refractivity contribution in [1.82, 2.24) is 4.98 Å². The molecule has 1 aromatic heterocycles. The zero-order valence-corrected chi connectivity index (χ0v) is 8.75. The van der Waals surface area contributed by atoms with E-state index in [1.165, 1.54) is 0 Å². The van der Waals surface area contributed by atoms with Crippen LogP contribution < -0.4 is 11.1 Å². The Morgan fingerprint density at radius 1 is 1.71 bits per heavy atom. The van der Waals surface area contributed by atoms with Gasteiger partial charge in [-0.25, -0.2) is 0 Å². The van der Waals surface area contributed by atoms with E-state index in [1.54, 1.807) is 12.3 Å². The van der Waals surface area contributed by atoms with E-state index in [9.17, 15) is 5.11 Å². The fourth-order valence-corrected chi connectivity index (χ4v) is 1.17. The summed E-state index contributed by atoms with van der Waals surface area (Å²) in [6.07, 6.45) is 1.11. The summed E-state index contributed by atoms with van der Waals surface area (Å²) in [5.74, 6) is 0.